The van der Waals surface area contributed by atoms with E-state index >= 15 is 0 Å². The number of benzene rings is 1. The molecule has 112 valence electrons. The van der Waals surface area contributed by atoms with Gasteiger partial charge < -0.3 is 11.1 Å². The first-order chi connectivity index (χ1) is 9.88. The normalized spacial score (nSPS) is 13.8. The fraction of sp³-hybridized carbons (Fsp3) is 0.333. The summed E-state index contributed by atoms with van der Waals surface area (Å²) in [5.74, 6) is -1.03. The number of nitrogens with one attached hydrogen (secondary N) is 1. The van der Waals surface area contributed by atoms with Gasteiger partial charge in [-0.1, -0.05) is 6.92 Å². The van der Waals surface area contributed by atoms with E-state index in [0.29, 0.717) is 11.4 Å². The molecular formula is C15H19FN4O. The fourth-order valence-electron chi connectivity index (χ4n) is 1.81. The van der Waals surface area contributed by atoms with Gasteiger partial charge >= 0.3 is 0 Å². The highest BCUT2D eigenvalue weighted by atomic mass is 19.1. The van der Waals surface area contributed by atoms with Crippen LogP contribution in [0.1, 0.15) is 19.4 Å². The number of anilines is 1. The molecule has 21 heavy (non-hydrogen) atoms. The SMILES string of the molecule is Cc1cnn(-c2ccc(NC(=O)C(C)C(C)N)cc2F)c1. The van der Waals surface area contributed by atoms with Crippen LogP contribution >= 0.6 is 0 Å². The van der Waals surface area contributed by atoms with Crippen molar-refractivity contribution in [2.45, 2.75) is 26.8 Å². The van der Waals surface area contributed by atoms with Gasteiger partial charge in [-0.05, 0) is 37.6 Å². The van der Waals surface area contributed by atoms with Crippen LogP contribution in [0.3, 0.4) is 0 Å². The number of nitrogens with two attached hydrogens (primary N) is 1. The van der Waals surface area contributed by atoms with Gasteiger partial charge in [0, 0.05) is 17.9 Å². The van der Waals surface area contributed by atoms with E-state index in [2.05, 4.69) is 10.4 Å². The molecule has 2 atom stereocenters. The molecule has 1 amide bonds. The first kappa shape index (κ1) is 15.2. The number of nitrogens with zero attached hydrogens (tertiary/aromatic N) is 2. The number of aromatic nitrogens is 2. The molecule has 0 fully saturated rings. The van der Waals surface area contributed by atoms with Crippen LogP contribution in [0.5, 0.6) is 0 Å². The Morgan fingerprint density at radius 1 is 1.43 bits per heavy atom. The lowest BCUT2D eigenvalue weighted by Crippen LogP contribution is -2.34. The molecule has 1 aromatic heterocycles. The minimum Gasteiger partial charge on any atom is -0.327 e. The monoisotopic (exact) mass is 290 g/mol. The highest BCUT2D eigenvalue weighted by molar-refractivity contribution is 5.92. The maximum Gasteiger partial charge on any atom is 0.228 e. The maximum absolute atomic E-state index is 14.1. The Kier molecular flexibility index (Phi) is 4.37. The van der Waals surface area contributed by atoms with Gasteiger partial charge in [0.15, 0.2) is 5.82 Å². The summed E-state index contributed by atoms with van der Waals surface area (Å²) < 4.78 is 15.6. The summed E-state index contributed by atoms with van der Waals surface area (Å²) in [5, 5.41) is 6.72. The van der Waals surface area contributed by atoms with Crippen molar-refractivity contribution >= 4 is 11.6 Å². The first-order valence-electron chi connectivity index (χ1n) is 6.76. The number of hydrogen-bond donors (Lipinski definition) is 2. The maximum atomic E-state index is 14.1. The average Bonchev–Trinajstić information content (AvgIpc) is 2.84. The summed E-state index contributed by atoms with van der Waals surface area (Å²) >= 11 is 0. The number of halogens is 1. The van der Waals surface area contributed by atoms with Crippen LogP contribution in [0.4, 0.5) is 10.1 Å². The van der Waals surface area contributed by atoms with E-state index in [-0.39, 0.29) is 17.9 Å². The zero-order valence-corrected chi connectivity index (χ0v) is 12.3. The highest BCUT2D eigenvalue weighted by Gasteiger charge is 2.17. The molecule has 1 aromatic carbocycles. The Bertz CT molecular complexity index is 651. The van der Waals surface area contributed by atoms with E-state index in [4.69, 9.17) is 5.73 Å². The van der Waals surface area contributed by atoms with Gasteiger partial charge in [-0.2, -0.15) is 5.10 Å². The van der Waals surface area contributed by atoms with Gasteiger partial charge in [0.1, 0.15) is 5.69 Å². The van der Waals surface area contributed by atoms with E-state index in [1.807, 2.05) is 6.92 Å². The smallest absolute Gasteiger partial charge is 0.228 e. The van der Waals surface area contributed by atoms with Crippen LogP contribution < -0.4 is 11.1 Å². The van der Waals surface area contributed by atoms with Gasteiger partial charge in [0.05, 0.1) is 12.1 Å². The van der Waals surface area contributed by atoms with E-state index < -0.39 is 5.82 Å². The van der Waals surface area contributed by atoms with E-state index in [1.165, 1.54) is 10.7 Å². The lowest BCUT2D eigenvalue weighted by molar-refractivity contribution is -0.119. The molecule has 1 heterocycles. The summed E-state index contributed by atoms with van der Waals surface area (Å²) in [6, 6.07) is 4.23. The molecule has 0 spiro atoms. The van der Waals surface area contributed by atoms with E-state index in [9.17, 15) is 9.18 Å². The molecular weight excluding hydrogens is 271 g/mol. The summed E-state index contributed by atoms with van der Waals surface area (Å²) in [6.07, 6.45) is 3.38. The van der Waals surface area contributed by atoms with Gasteiger partial charge in [-0.15, -0.1) is 0 Å². The van der Waals surface area contributed by atoms with Crippen LogP contribution in [-0.4, -0.2) is 21.7 Å². The summed E-state index contributed by atoms with van der Waals surface area (Å²) in [4.78, 5) is 11.9. The Morgan fingerprint density at radius 3 is 2.67 bits per heavy atom. The number of carbonyl (C=O) groups is 1. The minimum atomic E-state index is -0.454. The van der Waals surface area contributed by atoms with Crippen LogP contribution in [0.15, 0.2) is 30.6 Å². The molecule has 6 heteroatoms. The van der Waals surface area contributed by atoms with Gasteiger partial charge in [0.25, 0.3) is 0 Å². The number of rotatable bonds is 4. The van der Waals surface area contributed by atoms with Crippen molar-refractivity contribution in [1.82, 2.24) is 9.78 Å². The quantitative estimate of drug-likeness (QED) is 0.907. The van der Waals surface area contributed by atoms with Crippen molar-refractivity contribution in [2.24, 2.45) is 11.7 Å². The molecule has 0 bridgehead atoms. The second-order valence-electron chi connectivity index (χ2n) is 5.27. The summed E-state index contributed by atoms with van der Waals surface area (Å²) in [6.45, 7) is 5.37. The molecule has 0 saturated carbocycles. The molecule has 2 rings (SSSR count). The molecule has 0 aliphatic carbocycles. The Morgan fingerprint density at radius 2 is 2.14 bits per heavy atom. The minimum absolute atomic E-state index is 0.230. The largest absolute Gasteiger partial charge is 0.327 e. The predicted octanol–water partition coefficient (Wildman–Crippen LogP) is 2.24. The first-order valence-corrected chi connectivity index (χ1v) is 6.76. The Hall–Kier alpha value is -2.21. The number of amides is 1. The fourth-order valence-corrected chi connectivity index (χ4v) is 1.81. The zero-order valence-electron chi connectivity index (χ0n) is 12.3. The number of hydrogen-bond acceptors (Lipinski definition) is 3. The second-order valence-corrected chi connectivity index (χ2v) is 5.27. The number of aryl methyl sites for hydroxylation is 1. The van der Waals surface area contributed by atoms with Crippen molar-refractivity contribution in [3.63, 3.8) is 0 Å². The average molecular weight is 290 g/mol. The summed E-state index contributed by atoms with van der Waals surface area (Å²) in [7, 11) is 0. The lowest BCUT2D eigenvalue weighted by Gasteiger charge is -2.15. The second kappa shape index (κ2) is 6.05. The third-order valence-electron chi connectivity index (χ3n) is 3.38. The molecule has 2 unspecified atom stereocenters. The molecule has 0 aliphatic heterocycles. The predicted molar refractivity (Wildman–Crippen MR) is 79.7 cm³/mol. The summed E-state index contributed by atoms with van der Waals surface area (Å²) in [5.41, 5.74) is 7.35. The molecule has 2 aromatic rings. The van der Waals surface area contributed by atoms with Crippen molar-refractivity contribution < 1.29 is 9.18 Å². The lowest BCUT2D eigenvalue weighted by atomic mass is 10.0. The van der Waals surface area contributed by atoms with E-state index in [0.717, 1.165) is 5.56 Å². The van der Waals surface area contributed by atoms with Crippen LogP contribution in [0.2, 0.25) is 0 Å². The highest BCUT2D eigenvalue weighted by Crippen LogP contribution is 2.19. The van der Waals surface area contributed by atoms with Crippen molar-refractivity contribution in [1.29, 1.82) is 0 Å². The van der Waals surface area contributed by atoms with Gasteiger partial charge in [0.2, 0.25) is 5.91 Å². The third kappa shape index (κ3) is 3.46. The molecule has 0 radical (unpaired) electrons. The van der Waals surface area contributed by atoms with E-state index in [1.54, 1.807) is 38.4 Å². The zero-order chi connectivity index (χ0) is 15.6. The molecule has 0 aliphatic rings. The van der Waals surface area contributed by atoms with Crippen molar-refractivity contribution in [3.8, 4) is 5.69 Å². The number of carbonyl (C=O) groups excluding carboxylic acids is 1. The molecule has 5 nitrogen and oxygen atoms in total. The standard InChI is InChI=1S/C15H19FN4O/c1-9-7-18-20(8-9)14-5-4-12(6-13(14)16)19-15(21)10(2)11(3)17/h4-8,10-11H,17H2,1-3H3,(H,19,21). The van der Waals surface area contributed by atoms with Gasteiger partial charge in [-0.3, -0.25) is 4.79 Å². The van der Waals surface area contributed by atoms with Crippen LogP contribution in [0, 0.1) is 18.7 Å². The topological polar surface area (TPSA) is 72.9 Å². The van der Waals surface area contributed by atoms with Crippen molar-refractivity contribution in [3.05, 3.63) is 42.0 Å². The van der Waals surface area contributed by atoms with Crippen molar-refractivity contribution in [2.75, 3.05) is 5.32 Å². The third-order valence-corrected chi connectivity index (χ3v) is 3.38. The molecule has 3 N–H and O–H groups in total. The Labute approximate surface area is 123 Å². The molecule has 0 saturated heterocycles. The van der Waals surface area contributed by atoms with Crippen LogP contribution in [-0.2, 0) is 4.79 Å². The van der Waals surface area contributed by atoms with Crippen LogP contribution in [0.25, 0.3) is 5.69 Å². The Balaban J connectivity index is 2.18. The van der Waals surface area contributed by atoms with Gasteiger partial charge in [-0.25, -0.2) is 9.07 Å².